The van der Waals surface area contributed by atoms with Crippen molar-refractivity contribution in [3.05, 3.63) is 24.3 Å². The Bertz CT molecular complexity index is 959. The van der Waals surface area contributed by atoms with Gasteiger partial charge in [-0.25, -0.2) is 0 Å². The molecule has 0 aliphatic carbocycles. The summed E-state index contributed by atoms with van der Waals surface area (Å²) in [6.45, 7) is 7.87. The van der Waals surface area contributed by atoms with Gasteiger partial charge in [0.25, 0.3) is 0 Å². The molecule has 0 saturated heterocycles. The number of carbonyl (C=O) groups excluding carboxylic acids is 2. The summed E-state index contributed by atoms with van der Waals surface area (Å²) in [6.07, 6.45) is 64.8. The second kappa shape index (κ2) is 54.7. The second-order valence-corrected chi connectivity index (χ2v) is 19.2. The molecular weight excluding hydrogens is 777 g/mol. The van der Waals surface area contributed by atoms with Crippen molar-refractivity contribution in [3.8, 4) is 0 Å². The first-order valence-corrected chi connectivity index (χ1v) is 28.4. The molecule has 0 N–H and O–H groups in total. The van der Waals surface area contributed by atoms with Crippen LogP contribution in [0.1, 0.15) is 310 Å². The maximum Gasteiger partial charge on any atom is 0.306 e. The zero-order chi connectivity index (χ0) is 45.6. The molecule has 0 heterocycles. The number of allylic oxidation sites excluding steroid dienone is 4. The predicted molar refractivity (Wildman–Crippen MR) is 275 cm³/mol. The zero-order valence-corrected chi connectivity index (χ0v) is 42.9. The number of hydrogen-bond donors (Lipinski definition) is 0. The van der Waals surface area contributed by atoms with Gasteiger partial charge in [-0.3, -0.25) is 9.59 Å². The van der Waals surface area contributed by atoms with Crippen LogP contribution in [0.15, 0.2) is 24.3 Å². The Kier molecular flexibility index (Phi) is 53.3. The van der Waals surface area contributed by atoms with E-state index in [1.54, 1.807) is 0 Å². The predicted octanol–water partition coefficient (Wildman–Crippen LogP) is 19.2. The average Bonchev–Trinajstić information content (AvgIpc) is 3.28. The van der Waals surface area contributed by atoms with Gasteiger partial charge in [-0.05, 0) is 51.4 Å². The van der Waals surface area contributed by atoms with Gasteiger partial charge < -0.3 is 14.2 Å². The van der Waals surface area contributed by atoms with E-state index in [1.807, 2.05) is 0 Å². The highest BCUT2D eigenvalue weighted by molar-refractivity contribution is 5.70. The van der Waals surface area contributed by atoms with Gasteiger partial charge >= 0.3 is 11.9 Å². The van der Waals surface area contributed by atoms with Crippen LogP contribution in [0.4, 0.5) is 0 Å². The molecule has 1 atom stereocenters. The van der Waals surface area contributed by atoms with E-state index in [-0.39, 0.29) is 18.5 Å². The summed E-state index contributed by atoms with van der Waals surface area (Å²) in [5.74, 6) is -0.380. The Hall–Kier alpha value is -1.62. The van der Waals surface area contributed by atoms with Gasteiger partial charge in [-0.1, -0.05) is 270 Å². The normalized spacial score (nSPS) is 12.2. The Morgan fingerprint density at radius 1 is 0.349 bits per heavy atom. The van der Waals surface area contributed by atoms with Crippen LogP contribution in [-0.2, 0) is 23.8 Å². The van der Waals surface area contributed by atoms with Gasteiger partial charge in [0.15, 0.2) is 6.10 Å². The van der Waals surface area contributed by atoms with Crippen LogP contribution in [0, 0.1) is 0 Å². The molecule has 0 bridgehead atoms. The van der Waals surface area contributed by atoms with Gasteiger partial charge in [-0.15, -0.1) is 0 Å². The molecule has 0 unspecified atom stereocenters. The topological polar surface area (TPSA) is 61.8 Å². The number of carbonyl (C=O) groups is 2. The number of hydrogen-bond acceptors (Lipinski definition) is 5. The van der Waals surface area contributed by atoms with Gasteiger partial charge in [0, 0.05) is 19.4 Å². The van der Waals surface area contributed by atoms with E-state index in [0.29, 0.717) is 26.1 Å². The maximum atomic E-state index is 12.8. The molecule has 0 aromatic rings. The third kappa shape index (κ3) is 52.9. The largest absolute Gasteiger partial charge is 0.462 e. The maximum absolute atomic E-state index is 12.8. The highest BCUT2D eigenvalue weighted by Crippen LogP contribution is 2.16. The van der Waals surface area contributed by atoms with E-state index >= 15 is 0 Å². The van der Waals surface area contributed by atoms with Gasteiger partial charge in [0.05, 0.1) is 6.61 Å². The first kappa shape index (κ1) is 61.4. The molecule has 63 heavy (non-hydrogen) atoms. The fourth-order valence-corrected chi connectivity index (χ4v) is 8.48. The SMILES string of the molecule is CCCCC/C=C\C/C=C\CCCCCCCCCCCC(=O)OC[C@@H](COCCCCCCCCCCCCCCCCCC)OC(=O)CCCCCCCCCCCCCC. The van der Waals surface area contributed by atoms with Crippen molar-refractivity contribution >= 4 is 11.9 Å². The highest BCUT2D eigenvalue weighted by atomic mass is 16.6. The summed E-state index contributed by atoms with van der Waals surface area (Å²) in [5, 5.41) is 0. The standard InChI is InChI=1S/C58H110O5/c1-4-7-10-13-16-19-22-25-27-29-30-31-32-34-37-39-42-45-48-51-57(59)62-55-56(63-58(60)52-49-46-43-40-36-24-21-18-15-12-9-6-3)54-61-53-50-47-44-41-38-35-33-28-26-23-20-17-14-11-8-5-2/h16,19,25,27,56H,4-15,17-18,20-24,26,28-55H2,1-3H3/b19-16-,27-25-/t56-/m1/s1. The quantitative estimate of drug-likeness (QED) is 0.0346. The Labute approximate surface area is 394 Å². The van der Waals surface area contributed by atoms with Crippen LogP contribution < -0.4 is 0 Å². The minimum Gasteiger partial charge on any atom is -0.462 e. The minimum absolute atomic E-state index is 0.0912. The number of unbranched alkanes of at least 4 members (excludes halogenated alkanes) is 38. The summed E-state index contributed by atoms with van der Waals surface area (Å²) in [4.78, 5) is 25.5. The second-order valence-electron chi connectivity index (χ2n) is 19.2. The van der Waals surface area contributed by atoms with E-state index in [0.717, 1.165) is 38.5 Å². The molecule has 0 radical (unpaired) electrons. The van der Waals surface area contributed by atoms with Gasteiger partial charge in [0.2, 0.25) is 0 Å². The monoisotopic (exact) mass is 887 g/mol. The summed E-state index contributed by atoms with van der Waals surface area (Å²) in [6, 6.07) is 0. The third-order valence-corrected chi connectivity index (χ3v) is 12.7. The Morgan fingerprint density at radius 3 is 1.08 bits per heavy atom. The molecule has 5 nitrogen and oxygen atoms in total. The van der Waals surface area contributed by atoms with Crippen LogP contribution in [0.2, 0.25) is 0 Å². The summed E-state index contributed by atoms with van der Waals surface area (Å²) in [5.41, 5.74) is 0. The molecule has 0 fully saturated rings. The molecule has 0 spiro atoms. The molecule has 0 aliphatic heterocycles. The molecule has 372 valence electrons. The van der Waals surface area contributed by atoms with Crippen molar-refractivity contribution in [2.45, 2.75) is 316 Å². The molecule has 0 rings (SSSR count). The van der Waals surface area contributed by atoms with E-state index in [1.165, 1.54) is 238 Å². The van der Waals surface area contributed by atoms with Crippen LogP contribution in [-0.4, -0.2) is 37.9 Å². The summed E-state index contributed by atoms with van der Waals surface area (Å²) < 4.78 is 17.5. The first-order chi connectivity index (χ1) is 31.1. The number of ether oxygens (including phenoxy) is 3. The highest BCUT2D eigenvalue weighted by Gasteiger charge is 2.17. The van der Waals surface area contributed by atoms with E-state index < -0.39 is 6.10 Å². The average molecular weight is 888 g/mol. The fourth-order valence-electron chi connectivity index (χ4n) is 8.48. The van der Waals surface area contributed by atoms with Crippen molar-refractivity contribution in [2.75, 3.05) is 19.8 Å². The van der Waals surface area contributed by atoms with Crippen LogP contribution in [0.3, 0.4) is 0 Å². The van der Waals surface area contributed by atoms with Gasteiger partial charge in [-0.2, -0.15) is 0 Å². The van der Waals surface area contributed by atoms with Crippen LogP contribution in [0.25, 0.3) is 0 Å². The molecule has 0 aliphatic rings. The molecular formula is C58H110O5. The van der Waals surface area contributed by atoms with Crippen molar-refractivity contribution < 1.29 is 23.8 Å². The smallest absolute Gasteiger partial charge is 0.306 e. The third-order valence-electron chi connectivity index (χ3n) is 12.7. The summed E-state index contributed by atoms with van der Waals surface area (Å²) in [7, 11) is 0. The Morgan fingerprint density at radius 2 is 0.667 bits per heavy atom. The molecule has 0 amide bonds. The van der Waals surface area contributed by atoms with E-state index in [9.17, 15) is 9.59 Å². The molecule has 0 aromatic carbocycles. The van der Waals surface area contributed by atoms with Crippen molar-refractivity contribution in [1.82, 2.24) is 0 Å². The van der Waals surface area contributed by atoms with Crippen molar-refractivity contribution in [3.63, 3.8) is 0 Å². The lowest BCUT2D eigenvalue weighted by Gasteiger charge is -2.18. The van der Waals surface area contributed by atoms with E-state index in [4.69, 9.17) is 14.2 Å². The lowest BCUT2D eigenvalue weighted by Crippen LogP contribution is -2.30. The van der Waals surface area contributed by atoms with Gasteiger partial charge in [0.1, 0.15) is 6.61 Å². The van der Waals surface area contributed by atoms with Crippen LogP contribution in [0.5, 0.6) is 0 Å². The molecule has 5 heteroatoms. The summed E-state index contributed by atoms with van der Waals surface area (Å²) >= 11 is 0. The number of rotatable bonds is 53. The lowest BCUT2D eigenvalue weighted by molar-refractivity contribution is -0.163. The molecule has 0 saturated carbocycles. The lowest BCUT2D eigenvalue weighted by atomic mass is 10.0. The fraction of sp³-hybridized carbons (Fsp3) is 0.897. The van der Waals surface area contributed by atoms with Crippen LogP contribution >= 0.6 is 0 Å². The Balaban J connectivity index is 4.18. The van der Waals surface area contributed by atoms with Crippen molar-refractivity contribution in [1.29, 1.82) is 0 Å². The molecule has 0 aromatic heterocycles. The number of esters is 2. The first-order valence-electron chi connectivity index (χ1n) is 28.4. The zero-order valence-electron chi connectivity index (χ0n) is 42.9. The van der Waals surface area contributed by atoms with Crippen molar-refractivity contribution in [2.24, 2.45) is 0 Å². The minimum atomic E-state index is -0.530. The van der Waals surface area contributed by atoms with E-state index in [2.05, 4.69) is 45.1 Å².